The van der Waals surface area contributed by atoms with E-state index in [1.165, 1.54) is 25.7 Å². The first-order valence-electron chi connectivity index (χ1n) is 6.13. The van der Waals surface area contributed by atoms with Gasteiger partial charge >= 0.3 is 0 Å². The maximum absolute atomic E-state index is 12.1. The Kier molecular flexibility index (Phi) is 3.09. The number of nitrogens with zero attached hydrogens (tertiary/aromatic N) is 1. The zero-order valence-corrected chi connectivity index (χ0v) is 9.17. The molecule has 0 aromatic rings. The summed E-state index contributed by atoms with van der Waals surface area (Å²) in [5.41, 5.74) is 0. The van der Waals surface area contributed by atoms with E-state index < -0.39 is 0 Å². The average molecular weight is 195 g/mol. The van der Waals surface area contributed by atoms with Crippen LogP contribution in [0, 0.1) is 5.92 Å². The molecule has 0 spiro atoms. The number of hydrogen-bond donors (Lipinski definition) is 0. The summed E-state index contributed by atoms with van der Waals surface area (Å²) >= 11 is 0. The average Bonchev–Trinajstić information content (AvgIpc) is 2.15. The largest absolute Gasteiger partial charge is 0.339 e. The lowest BCUT2D eigenvalue weighted by atomic mass is 9.83. The maximum atomic E-state index is 12.1. The van der Waals surface area contributed by atoms with E-state index in [-0.39, 0.29) is 0 Å². The van der Waals surface area contributed by atoms with E-state index in [0.29, 0.717) is 17.9 Å². The third-order valence-corrected chi connectivity index (χ3v) is 3.84. The third kappa shape index (κ3) is 1.79. The van der Waals surface area contributed by atoms with E-state index >= 15 is 0 Å². The Morgan fingerprint density at radius 3 is 2.57 bits per heavy atom. The number of rotatable bonds is 2. The fourth-order valence-electron chi connectivity index (χ4n) is 2.60. The maximum Gasteiger partial charge on any atom is 0.225 e. The van der Waals surface area contributed by atoms with E-state index in [1.54, 1.807) is 0 Å². The van der Waals surface area contributed by atoms with Crippen molar-refractivity contribution < 1.29 is 4.79 Å². The van der Waals surface area contributed by atoms with Crippen molar-refractivity contribution in [3.63, 3.8) is 0 Å². The van der Waals surface area contributed by atoms with Crippen LogP contribution in [0.4, 0.5) is 0 Å². The molecule has 0 bridgehead atoms. The normalized spacial score (nSPS) is 28.6. The van der Waals surface area contributed by atoms with Crippen molar-refractivity contribution in [3.05, 3.63) is 0 Å². The second-order valence-corrected chi connectivity index (χ2v) is 4.72. The summed E-state index contributed by atoms with van der Waals surface area (Å²) in [5, 5.41) is 0. The molecule has 0 aromatic heterocycles. The van der Waals surface area contributed by atoms with Crippen LogP contribution in [-0.4, -0.2) is 23.4 Å². The lowest BCUT2D eigenvalue weighted by molar-refractivity contribution is -0.142. The third-order valence-electron chi connectivity index (χ3n) is 3.84. The Balaban J connectivity index is 1.95. The number of likely N-dealkylation sites (tertiary alicyclic amines) is 1. The molecule has 1 aliphatic carbocycles. The van der Waals surface area contributed by atoms with Gasteiger partial charge in [0, 0.05) is 18.5 Å². The van der Waals surface area contributed by atoms with Crippen molar-refractivity contribution in [1.82, 2.24) is 4.90 Å². The SMILES string of the molecule is CCC1CCCCN1C(=O)C1CCC1. The van der Waals surface area contributed by atoms with Gasteiger partial charge in [-0.1, -0.05) is 13.3 Å². The minimum atomic E-state index is 0.391. The van der Waals surface area contributed by atoms with Crippen molar-refractivity contribution in [1.29, 1.82) is 0 Å². The molecule has 1 saturated carbocycles. The summed E-state index contributed by atoms with van der Waals surface area (Å²) in [4.78, 5) is 14.2. The number of piperidine rings is 1. The Morgan fingerprint density at radius 1 is 1.21 bits per heavy atom. The molecule has 1 aliphatic heterocycles. The van der Waals surface area contributed by atoms with E-state index in [0.717, 1.165) is 25.8 Å². The fraction of sp³-hybridized carbons (Fsp3) is 0.917. The summed E-state index contributed by atoms with van der Waals surface area (Å²) < 4.78 is 0. The number of amides is 1. The van der Waals surface area contributed by atoms with Crippen LogP contribution in [-0.2, 0) is 4.79 Å². The summed E-state index contributed by atoms with van der Waals surface area (Å²) in [6, 6.07) is 0.553. The molecule has 1 amide bonds. The summed E-state index contributed by atoms with van der Waals surface area (Å²) in [6.45, 7) is 3.23. The molecule has 0 N–H and O–H groups in total. The van der Waals surface area contributed by atoms with Gasteiger partial charge in [0.05, 0.1) is 0 Å². The molecule has 1 saturated heterocycles. The summed E-state index contributed by atoms with van der Waals surface area (Å²) in [7, 11) is 0. The van der Waals surface area contributed by atoms with Gasteiger partial charge in [0.25, 0.3) is 0 Å². The van der Waals surface area contributed by atoms with Crippen LogP contribution >= 0.6 is 0 Å². The van der Waals surface area contributed by atoms with Gasteiger partial charge in [-0.15, -0.1) is 0 Å². The Labute approximate surface area is 86.7 Å². The zero-order valence-electron chi connectivity index (χ0n) is 9.17. The second-order valence-electron chi connectivity index (χ2n) is 4.72. The minimum absolute atomic E-state index is 0.391. The fourth-order valence-corrected chi connectivity index (χ4v) is 2.60. The van der Waals surface area contributed by atoms with Crippen LogP contribution in [0.15, 0.2) is 0 Å². The standard InChI is InChI=1S/C12H21NO/c1-2-11-8-3-4-9-13(11)12(14)10-6-5-7-10/h10-11H,2-9H2,1H3. The van der Waals surface area contributed by atoms with Gasteiger partial charge in [-0.2, -0.15) is 0 Å². The van der Waals surface area contributed by atoms with Crippen molar-refractivity contribution in [2.45, 2.75) is 57.9 Å². The van der Waals surface area contributed by atoms with Crippen LogP contribution in [0.2, 0.25) is 0 Å². The number of hydrogen-bond acceptors (Lipinski definition) is 1. The molecule has 0 radical (unpaired) electrons. The molecule has 2 heteroatoms. The molecule has 80 valence electrons. The van der Waals surface area contributed by atoms with Gasteiger partial charge in [-0.25, -0.2) is 0 Å². The Morgan fingerprint density at radius 2 is 2.00 bits per heavy atom. The highest BCUT2D eigenvalue weighted by molar-refractivity contribution is 5.80. The Bertz CT molecular complexity index is 210. The van der Waals surface area contributed by atoms with Crippen molar-refractivity contribution in [2.75, 3.05) is 6.54 Å². The van der Waals surface area contributed by atoms with Crippen LogP contribution in [0.25, 0.3) is 0 Å². The van der Waals surface area contributed by atoms with Crippen molar-refractivity contribution in [2.24, 2.45) is 5.92 Å². The van der Waals surface area contributed by atoms with Gasteiger partial charge < -0.3 is 4.90 Å². The van der Waals surface area contributed by atoms with Crippen LogP contribution in [0.1, 0.15) is 51.9 Å². The van der Waals surface area contributed by atoms with E-state index in [4.69, 9.17) is 0 Å². The topological polar surface area (TPSA) is 20.3 Å². The van der Waals surface area contributed by atoms with Gasteiger partial charge in [0.15, 0.2) is 0 Å². The van der Waals surface area contributed by atoms with Gasteiger partial charge in [-0.3, -0.25) is 4.79 Å². The second kappa shape index (κ2) is 4.33. The van der Waals surface area contributed by atoms with Crippen LogP contribution in [0.5, 0.6) is 0 Å². The highest BCUT2D eigenvalue weighted by Crippen LogP contribution is 2.31. The number of carbonyl (C=O) groups excluding carboxylic acids is 1. The van der Waals surface area contributed by atoms with E-state index in [9.17, 15) is 4.79 Å². The van der Waals surface area contributed by atoms with E-state index in [2.05, 4.69) is 11.8 Å². The molecule has 2 nitrogen and oxygen atoms in total. The first-order chi connectivity index (χ1) is 6.83. The molecular formula is C12H21NO. The molecule has 1 unspecified atom stereocenters. The molecule has 1 atom stereocenters. The zero-order chi connectivity index (χ0) is 9.97. The molecule has 1 heterocycles. The first-order valence-corrected chi connectivity index (χ1v) is 6.13. The summed E-state index contributed by atoms with van der Waals surface area (Å²) in [6.07, 6.45) is 8.45. The number of carbonyl (C=O) groups is 1. The highest BCUT2D eigenvalue weighted by Gasteiger charge is 2.33. The van der Waals surface area contributed by atoms with Gasteiger partial charge in [0.1, 0.15) is 0 Å². The molecule has 0 aromatic carbocycles. The lowest BCUT2D eigenvalue weighted by Crippen LogP contribution is -2.47. The predicted molar refractivity (Wildman–Crippen MR) is 57.0 cm³/mol. The van der Waals surface area contributed by atoms with Gasteiger partial charge in [-0.05, 0) is 38.5 Å². The van der Waals surface area contributed by atoms with Crippen molar-refractivity contribution >= 4 is 5.91 Å². The van der Waals surface area contributed by atoms with Gasteiger partial charge in [0.2, 0.25) is 5.91 Å². The van der Waals surface area contributed by atoms with Crippen LogP contribution < -0.4 is 0 Å². The lowest BCUT2D eigenvalue weighted by Gasteiger charge is -2.39. The van der Waals surface area contributed by atoms with Crippen molar-refractivity contribution in [3.8, 4) is 0 Å². The Hall–Kier alpha value is -0.530. The molecule has 2 aliphatic rings. The smallest absolute Gasteiger partial charge is 0.225 e. The molecular weight excluding hydrogens is 174 g/mol. The predicted octanol–water partition coefficient (Wildman–Crippen LogP) is 2.58. The molecule has 14 heavy (non-hydrogen) atoms. The molecule has 2 rings (SSSR count). The quantitative estimate of drug-likeness (QED) is 0.663. The first kappa shape index (κ1) is 10.0. The highest BCUT2D eigenvalue weighted by atomic mass is 16.2. The minimum Gasteiger partial charge on any atom is -0.339 e. The van der Waals surface area contributed by atoms with Crippen LogP contribution in [0.3, 0.4) is 0 Å². The molecule has 2 fully saturated rings. The van der Waals surface area contributed by atoms with E-state index in [1.807, 2.05) is 0 Å². The monoisotopic (exact) mass is 195 g/mol. The summed E-state index contributed by atoms with van der Waals surface area (Å²) in [5.74, 6) is 0.852.